The zero-order valence-electron chi connectivity index (χ0n) is 24.4. The first-order valence-corrected chi connectivity index (χ1v) is 15.6. The fourth-order valence-electron chi connectivity index (χ4n) is 5.84. The molecule has 3 aromatic rings. The molecule has 0 radical (unpaired) electrons. The molecule has 0 amide bonds. The van der Waals surface area contributed by atoms with Crippen molar-refractivity contribution in [2.75, 3.05) is 29.1 Å². The Balaban J connectivity index is 0.000000185. The molecule has 9 heteroatoms. The fourth-order valence-corrected chi connectivity index (χ4v) is 7.58. The van der Waals surface area contributed by atoms with E-state index in [1.54, 1.807) is 30.4 Å². The topological polar surface area (TPSA) is 61.3 Å². The number of halogens is 2. The molecule has 0 atom stereocenters. The summed E-state index contributed by atoms with van der Waals surface area (Å²) < 4.78 is 1.54. The number of nitrogens with zero attached hydrogens (tertiary/aromatic N) is 3. The highest BCUT2D eigenvalue weighted by Crippen LogP contribution is 2.40. The number of Topliss-reactive ketones (excluding diaryl/α,β-unsaturated/α-hetero) is 1. The van der Waals surface area contributed by atoms with Gasteiger partial charge in [0.05, 0.1) is 32.0 Å². The number of aromatic amines is 1. The van der Waals surface area contributed by atoms with Crippen molar-refractivity contribution in [1.82, 2.24) is 9.78 Å². The van der Waals surface area contributed by atoms with Crippen molar-refractivity contribution in [1.29, 1.82) is 0 Å². The molecule has 2 aliphatic rings. The normalized spacial score (nSPS) is 15.1. The second-order valence-corrected chi connectivity index (χ2v) is 12.3. The van der Waals surface area contributed by atoms with Crippen molar-refractivity contribution in [3.05, 3.63) is 83.1 Å². The smallest absolute Gasteiger partial charge is 0.271 e. The lowest BCUT2D eigenvalue weighted by atomic mass is 10.0. The monoisotopic (exact) mass is 600 g/mol. The average molecular weight is 602 g/mol. The molecule has 40 heavy (non-hydrogen) atoms. The molecule has 2 aromatic carbocycles. The van der Waals surface area contributed by atoms with Gasteiger partial charge in [-0.1, -0.05) is 35.3 Å². The molecular formula is C31H38Cl2N4O2S. The highest BCUT2D eigenvalue weighted by molar-refractivity contribution is 8.02. The Morgan fingerprint density at radius 2 is 1.40 bits per heavy atom. The maximum absolute atomic E-state index is 12.1. The highest BCUT2D eigenvalue weighted by Gasteiger charge is 2.27. The quantitative estimate of drug-likeness (QED) is 0.331. The Morgan fingerprint density at radius 1 is 0.875 bits per heavy atom. The van der Waals surface area contributed by atoms with Crippen LogP contribution in [0.1, 0.15) is 54.0 Å². The van der Waals surface area contributed by atoms with E-state index in [1.807, 2.05) is 32.2 Å². The number of benzene rings is 2. The first-order chi connectivity index (χ1) is 18.9. The van der Waals surface area contributed by atoms with Gasteiger partial charge in [0.15, 0.2) is 5.78 Å². The Hall–Kier alpha value is -2.61. The summed E-state index contributed by atoms with van der Waals surface area (Å²) in [5, 5.41) is 5.71. The van der Waals surface area contributed by atoms with E-state index in [9.17, 15) is 9.59 Å². The number of carbonyl (C=O) groups is 1. The summed E-state index contributed by atoms with van der Waals surface area (Å²) >= 11 is 14.5. The molecule has 0 saturated carbocycles. The summed E-state index contributed by atoms with van der Waals surface area (Å²) in [5.74, 6) is 1.05. The molecule has 1 N–H and O–H groups in total. The second kappa shape index (κ2) is 12.5. The summed E-state index contributed by atoms with van der Waals surface area (Å²) in [6.07, 6.45) is 5.66. The van der Waals surface area contributed by atoms with Gasteiger partial charge >= 0.3 is 0 Å². The van der Waals surface area contributed by atoms with E-state index in [0.717, 1.165) is 104 Å². The third kappa shape index (κ3) is 6.02. The first-order valence-electron chi connectivity index (χ1n) is 13.6. The van der Waals surface area contributed by atoms with Gasteiger partial charge in [-0.15, -0.1) is 11.8 Å². The zero-order chi connectivity index (χ0) is 29.3. The average Bonchev–Trinajstić information content (AvgIpc) is 3.17. The van der Waals surface area contributed by atoms with Crippen molar-refractivity contribution in [2.24, 2.45) is 7.05 Å². The number of thioether (sulfide) groups is 1. The summed E-state index contributed by atoms with van der Waals surface area (Å²) in [6.45, 7) is 11.7. The number of allylic oxidation sites excluding steroid dienone is 1. The fraction of sp³-hybridized carbons (Fsp3) is 0.419. The van der Waals surface area contributed by atoms with Crippen LogP contribution in [0.15, 0.2) is 39.7 Å². The minimum atomic E-state index is 0.0607. The molecule has 214 valence electrons. The SMILES string of the molecule is CSC1=C(C(C)=O)CCCN1c1c(C)cc(C)cc1Cl.Cc1cc(C)c(N2CCCc3c2[nH]n(C)c3=O)c(Cl)c1. The summed E-state index contributed by atoms with van der Waals surface area (Å²) in [7, 11) is 1.75. The number of hydrogen-bond acceptors (Lipinski definition) is 5. The zero-order valence-corrected chi connectivity index (χ0v) is 26.7. The van der Waals surface area contributed by atoms with Gasteiger partial charge in [0, 0.05) is 25.7 Å². The van der Waals surface area contributed by atoms with Gasteiger partial charge in [-0.25, -0.2) is 0 Å². The van der Waals surface area contributed by atoms with Crippen molar-refractivity contribution in [3.63, 3.8) is 0 Å². The number of H-pyrrole nitrogens is 1. The Kier molecular flexibility index (Phi) is 9.48. The summed E-state index contributed by atoms with van der Waals surface area (Å²) in [4.78, 5) is 28.3. The van der Waals surface area contributed by atoms with Crippen LogP contribution in [-0.4, -0.2) is 34.9 Å². The highest BCUT2D eigenvalue weighted by atomic mass is 35.5. The third-order valence-electron chi connectivity index (χ3n) is 7.47. The molecule has 0 spiro atoms. The van der Waals surface area contributed by atoms with Crippen molar-refractivity contribution in [2.45, 2.75) is 60.3 Å². The number of hydrogen-bond donors (Lipinski definition) is 1. The lowest BCUT2D eigenvalue weighted by Gasteiger charge is -2.34. The van der Waals surface area contributed by atoms with Gasteiger partial charge in [0.2, 0.25) is 0 Å². The van der Waals surface area contributed by atoms with Gasteiger partial charge in [-0.3, -0.25) is 19.4 Å². The first kappa shape index (κ1) is 30.4. The molecule has 2 aliphatic heterocycles. The Labute approximate surface area is 251 Å². The molecule has 5 rings (SSSR count). The molecule has 6 nitrogen and oxygen atoms in total. The number of aryl methyl sites for hydroxylation is 5. The van der Waals surface area contributed by atoms with Crippen LogP contribution in [0.5, 0.6) is 0 Å². The van der Waals surface area contributed by atoms with Crippen LogP contribution in [0.4, 0.5) is 17.2 Å². The van der Waals surface area contributed by atoms with Crippen LogP contribution >= 0.6 is 35.0 Å². The van der Waals surface area contributed by atoms with E-state index in [-0.39, 0.29) is 11.3 Å². The molecule has 0 fully saturated rings. The minimum Gasteiger partial charge on any atom is -0.334 e. The number of carbonyl (C=O) groups excluding carboxylic acids is 1. The summed E-state index contributed by atoms with van der Waals surface area (Å²) in [5.41, 5.74) is 8.49. The Bertz CT molecular complexity index is 1490. The number of rotatable bonds is 4. The molecule has 0 saturated heterocycles. The lowest BCUT2D eigenvalue weighted by molar-refractivity contribution is -0.113. The minimum absolute atomic E-state index is 0.0607. The van der Waals surface area contributed by atoms with E-state index >= 15 is 0 Å². The van der Waals surface area contributed by atoms with Gasteiger partial charge in [0.25, 0.3) is 5.56 Å². The van der Waals surface area contributed by atoms with Gasteiger partial charge < -0.3 is 9.80 Å². The van der Waals surface area contributed by atoms with E-state index in [1.165, 1.54) is 0 Å². The molecule has 3 heterocycles. The maximum atomic E-state index is 12.1. The van der Waals surface area contributed by atoms with Crippen LogP contribution in [0.3, 0.4) is 0 Å². The summed E-state index contributed by atoms with van der Waals surface area (Å²) in [6, 6.07) is 8.22. The van der Waals surface area contributed by atoms with Gasteiger partial charge in [-0.05, 0) is 101 Å². The standard InChI is InChI=1S/C16H20ClNOS.C15H18ClN3O/c1-10-8-11(2)15(14(17)9-10)18-7-5-6-13(12(3)19)16(18)20-4;1-9-7-10(2)13(12(16)8-9)19-6-4-5-11-14(19)17-18(3)15(11)20/h8-9H,5-7H2,1-4H3;7-8,17H,4-6H2,1-3H3. The molecule has 0 unspecified atom stereocenters. The van der Waals surface area contributed by atoms with Crippen LogP contribution in [0, 0.1) is 27.7 Å². The maximum Gasteiger partial charge on any atom is 0.271 e. The van der Waals surface area contributed by atoms with E-state index in [0.29, 0.717) is 0 Å². The lowest BCUT2D eigenvalue weighted by Crippen LogP contribution is -2.29. The molecule has 1 aromatic heterocycles. The number of anilines is 3. The number of aromatic nitrogens is 2. The number of nitrogens with one attached hydrogen (secondary N) is 1. The Morgan fingerprint density at radius 3 is 1.93 bits per heavy atom. The van der Waals surface area contributed by atoms with Crippen LogP contribution in [0.2, 0.25) is 10.0 Å². The van der Waals surface area contributed by atoms with E-state index in [2.05, 4.69) is 40.9 Å². The molecule has 0 bridgehead atoms. The molecular weight excluding hydrogens is 563 g/mol. The van der Waals surface area contributed by atoms with Crippen LogP contribution in [0.25, 0.3) is 0 Å². The largest absolute Gasteiger partial charge is 0.334 e. The van der Waals surface area contributed by atoms with Crippen LogP contribution < -0.4 is 15.4 Å². The second-order valence-electron chi connectivity index (χ2n) is 10.7. The predicted molar refractivity (Wildman–Crippen MR) is 171 cm³/mol. The van der Waals surface area contributed by atoms with Crippen molar-refractivity contribution >= 4 is 57.9 Å². The van der Waals surface area contributed by atoms with Crippen molar-refractivity contribution < 1.29 is 4.79 Å². The van der Waals surface area contributed by atoms with Gasteiger partial charge in [0.1, 0.15) is 5.82 Å². The third-order valence-corrected chi connectivity index (χ3v) is 8.90. The molecule has 0 aliphatic carbocycles. The van der Waals surface area contributed by atoms with E-state index in [4.69, 9.17) is 23.2 Å². The van der Waals surface area contributed by atoms with E-state index < -0.39 is 0 Å². The number of fused-ring (bicyclic) bond motifs is 1. The predicted octanol–water partition coefficient (Wildman–Crippen LogP) is 7.79. The van der Waals surface area contributed by atoms with Crippen molar-refractivity contribution in [3.8, 4) is 0 Å². The van der Waals surface area contributed by atoms with Crippen LogP contribution in [-0.2, 0) is 18.3 Å². The van der Waals surface area contributed by atoms with Gasteiger partial charge in [-0.2, -0.15) is 0 Å². The number of ketones is 1.